The number of hydrogen-bond donors (Lipinski definition) is 1. The summed E-state index contributed by atoms with van der Waals surface area (Å²) >= 11 is 0. The van der Waals surface area contributed by atoms with Gasteiger partial charge in [-0.25, -0.2) is 0 Å². The summed E-state index contributed by atoms with van der Waals surface area (Å²) in [6, 6.07) is 5.89. The van der Waals surface area contributed by atoms with Crippen molar-refractivity contribution < 1.29 is 9.36 Å². The van der Waals surface area contributed by atoms with Gasteiger partial charge in [0.05, 0.1) is 0 Å². The molecule has 0 saturated carbocycles. The summed E-state index contributed by atoms with van der Waals surface area (Å²) in [5, 5.41) is 2.85. The quantitative estimate of drug-likeness (QED) is 0.705. The standard InChI is InChI=1S/C11H16N2O/c1-3-7-12-11(14)9-13-8-5-4-6-10(13)2/h4-6,8H,3,7,9H2,1-2H3/p+1. The van der Waals surface area contributed by atoms with Crippen molar-refractivity contribution >= 4 is 5.91 Å². The van der Waals surface area contributed by atoms with Crippen LogP contribution in [0.15, 0.2) is 24.4 Å². The van der Waals surface area contributed by atoms with E-state index in [2.05, 4.69) is 5.32 Å². The Balaban J connectivity index is 2.52. The normalized spacial score (nSPS) is 9.86. The van der Waals surface area contributed by atoms with Crippen LogP contribution in [-0.4, -0.2) is 12.5 Å². The number of nitrogens with zero attached hydrogens (tertiary/aromatic N) is 1. The van der Waals surface area contributed by atoms with Crippen LogP contribution in [0.1, 0.15) is 19.0 Å². The summed E-state index contributed by atoms with van der Waals surface area (Å²) in [4.78, 5) is 11.4. The molecule has 1 N–H and O–H groups in total. The Labute approximate surface area is 84.8 Å². The van der Waals surface area contributed by atoms with Crippen LogP contribution >= 0.6 is 0 Å². The average Bonchev–Trinajstić information content (AvgIpc) is 2.18. The molecular weight excluding hydrogens is 176 g/mol. The molecule has 1 amide bonds. The molecule has 0 aliphatic rings. The first-order chi connectivity index (χ1) is 6.74. The number of rotatable bonds is 4. The maximum absolute atomic E-state index is 11.4. The topological polar surface area (TPSA) is 33.0 Å². The number of amides is 1. The second-order valence-electron chi connectivity index (χ2n) is 3.32. The third kappa shape index (κ3) is 3.17. The fourth-order valence-electron chi connectivity index (χ4n) is 1.21. The number of carbonyl (C=O) groups excluding carboxylic acids is 1. The van der Waals surface area contributed by atoms with E-state index in [0.29, 0.717) is 6.54 Å². The molecule has 1 heterocycles. The SMILES string of the molecule is CCCNC(=O)C[n+]1ccccc1C. The Morgan fingerprint density at radius 2 is 2.29 bits per heavy atom. The van der Waals surface area contributed by atoms with Gasteiger partial charge in [0, 0.05) is 25.6 Å². The number of pyridine rings is 1. The van der Waals surface area contributed by atoms with Crippen LogP contribution in [-0.2, 0) is 11.3 Å². The minimum absolute atomic E-state index is 0.0751. The minimum Gasteiger partial charge on any atom is -0.351 e. The lowest BCUT2D eigenvalue weighted by Gasteiger charge is -2.01. The highest BCUT2D eigenvalue weighted by atomic mass is 16.1. The first kappa shape index (κ1) is 10.7. The van der Waals surface area contributed by atoms with Crippen molar-refractivity contribution in [1.29, 1.82) is 0 Å². The van der Waals surface area contributed by atoms with Crippen LogP contribution in [0, 0.1) is 6.92 Å². The number of hydrogen-bond acceptors (Lipinski definition) is 1. The Bertz CT molecular complexity index is 310. The smallest absolute Gasteiger partial charge is 0.285 e. The monoisotopic (exact) mass is 193 g/mol. The highest BCUT2D eigenvalue weighted by Crippen LogP contribution is 1.87. The summed E-state index contributed by atoms with van der Waals surface area (Å²) < 4.78 is 1.94. The zero-order chi connectivity index (χ0) is 10.4. The molecule has 0 aromatic carbocycles. The maximum atomic E-state index is 11.4. The average molecular weight is 193 g/mol. The van der Waals surface area contributed by atoms with Gasteiger partial charge in [-0.15, -0.1) is 0 Å². The fourth-order valence-corrected chi connectivity index (χ4v) is 1.21. The van der Waals surface area contributed by atoms with Crippen LogP contribution in [0.5, 0.6) is 0 Å². The highest BCUT2D eigenvalue weighted by Gasteiger charge is 2.09. The molecule has 0 saturated heterocycles. The predicted octanol–water partition coefficient (Wildman–Crippen LogP) is 0.809. The summed E-state index contributed by atoms with van der Waals surface area (Å²) in [6.45, 7) is 5.20. The summed E-state index contributed by atoms with van der Waals surface area (Å²) in [5.74, 6) is 0.0751. The molecule has 3 nitrogen and oxygen atoms in total. The van der Waals surface area contributed by atoms with Crippen molar-refractivity contribution in [3.8, 4) is 0 Å². The summed E-state index contributed by atoms with van der Waals surface area (Å²) in [7, 11) is 0. The van der Waals surface area contributed by atoms with E-state index < -0.39 is 0 Å². The van der Waals surface area contributed by atoms with E-state index in [1.54, 1.807) is 0 Å². The van der Waals surface area contributed by atoms with Gasteiger partial charge in [0.15, 0.2) is 11.9 Å². The first-order valence-electron chi connectivity index (χ1n) is 4.96. The van der Waals surface area contributed by atoms with E-state index in [-0.39, 0.29) is 5.91 Å². The van der Waals surface area contributed by atoms with Crippen LogP contribution in [0.4, 0.5) is 0 Å². The van der Waals surface area contributed by atoms with E-state index in [1.165, 1.54) is 0 Å². The number of carbonyl (C=O) groups is 1. The lowest BCUT2D eigenvalue weighted by molar-refractivity contribution is -0.690. The molecule has 76 valence electrons. The Morgan fingerprint density at radius 3 is 2.93 bits per heavy atom. The second-order valence-corrected chi connectivity index (χ2v) is 3.32. The second kappa shape index (κ2) is 5.37. The maximum Gasteiger partial charge on any atom is 0.285 e. The molecule has 0 unspecified atom stereocenters. The molecule has 0 bridgehead atoms. The Morgan fingerprint density at radius 1 is 1.50 bits per heavy atom. The van der Waals surface area contributed by atoms with E-state index in [1.807, 2.05) is 42.8 Å². The van der Waals surface area contributed by atoms with Crippen molar-refractivity contribution in [2.24, 2.45) is 0 Å². The largest absolute Gasteiger partial charge is 0.351 e. The molecule has 0 spiro atoms. The van der Waals surface area contributed by atoms with E-state index in [9.17, 15) is 4.79 Å². The summed E-state index contributed by atoms with van der Waals surface area (Å²) in [5.41, 5.74) is 1.10. The van der Waals surface area contributed by atoms with Gasteiger partial charge in [-0.2, -0.15) is 4.57 Å². The predicted molar refractivity (Wildman–Crippen MR) is 54.7 cm³/mol. The van der Waals surface area contributed by atoms with E-state index in [0.717, 1.165) is 18.7 Å². The first-order valence-corrected chi connectivity index (χ1v) is 4.96. The van der Waals surface area contributed by atoms with Crippen molar-refractivity contribution in [2.75, 3.05) is 6.54 Å². The number of aryl methyl sites for hydroxylation is 1. The van der Waals surface area contributed by atoms with Crippen molar-refractivity contribution in [1.82, 2.24) is 5.32 Å². The molecule has 1 aromatic rings. The van der Waals surface area contributed by atoms with Crippen molar-refractivity contribution in [3.05, 3.63) is 30.1 Å². The number of aromatic nitrogens is 1. The van der Waals surface area contributed by atoms with Crippen LogP contribution in [0.25, 0.3) is 0 Å². The van der Waals surface area contributed by atoms with Gasteiger partial charge in [-0.05, 0) is 6.42 Å². The molecule has 3 heteroatoms. The minimum atomic E-state index is 0.0751. The van der Waals surface area contributed by atoms with Gasteiger partial charge in [0.2, 0.25) is 6.54 Å². The molecule has 1 aromatic heterocycles. The lowest BCUT2D eigenvalue weighted by Crippen LogP contribution is -2.44. The molecule has 0 aliphatic heterocycles. The van der Waals surface area contributed by atoms with Gasteiger partial charge in [-0.3, -0.25) is 4.79 Å². The van der Waals surface area contributed by atoms with Gasteiger partial charge < -0.3 is 5.32 Å². The molecule has 0 atom stereocenters. The zero-order valence-corrected chi connectivity index (χ0v) is 8.79. The van der Waals surface area contributed by atoms with Crippen LogP contribution in [0.3, 0.4) is 0 Å². The summed E-state index contributed by atoms with van der Waals surface area (Å²) in [6.07, 6.45) is 2.89. The Hall–Kier alpha value is -1.38. The van der Waals surface area contributed by atoms with E-state index >= 15 is 0 Å². The van der Waals surface area contributed by atoms with Gasteiger partial charge >= 0.3 is 0 Å². The third-order valence-electron chi connectivity index (χ3n) is 2.05. The van der Waals surface area contributed by atoms with Gasteiger partial charge in [0.1, 0.15) is 0 Å². The fraction of sp³-hybridized carbons (Fsp3) is 0.455. The highest BCUT2D eigenvalue weighted by molar-refractivity contribution is 5.74. The molecule has 0 fully saturated rings. The van der Waals surface area contributed by atoms with Gasteiger partial charge in [0.25, 0.3) is 5.91 Å². The zero-order valence-electron chi connectivity index (χ0n) is 8.79. The Kier molecular flexibility index (Phi) is 4.11. The number of nitrogens with one attached hydrogen (secondary N) is 1. The molecule has 0 radical (unpaired) electrons. The molecule has 1 rings (SSSR count). The van der Waals surface area contributed by atoms with Crippen LogP contribution in [0.2, 0.25) is 0 Å². The molecule has 14 heavy (non-hydrogen) atoms. The third-order valence-corrected chi connectivity index (χ3v) is 2.05. The van der Waals surface area contributed by atoms with Crippen LogP contribution < -0.4 is 9.88 Å². The van der Waals surface area contributed by atoms with Crippen molar-refractivity contribution in [2.45, 2.75) is 26.8 Å². The van der Waals surface area contributed by atoms with Gasteiger partial charge in [-0.1, -0.05) is 13.0 Å². The lowest BCUT2D eigenvalue weighted by atomic mass is 10.3. The van der Waals surface area contributed by atoms with Crippen molar-refractivity contribution in [3.63, 3.8) is 0 Å². The molecule has 0 aliphatic carbocycles. The molecular formula is C11H17N2O+. The van der Waals surface area contributed by atoms with E-state index in [4.69, 9.17) is 0 Å².